The number of hydrogen-bond donors (Lipinski definition) is 1. The van der Waals surface area contributed by atoms with Crippen molar-refractivity contribution in [1.82, 2.24) is 0 Å². The van der Waals surface area contributed by atoms with E-state index in [1.807, 2.05) is 6.26 Å². The number of benzene rings is 1. The molecule has 0 aliphatic carbocycles. The van der Waals surface area contributed by atoms with Crippen molar-refractivity contribution in [2.75, 3.05) is 30.5 Å². The molecule has 1 aromatic rings. The van der Waals surface area contributed by atoms with E-state index in [4.69, 9.17) is 5.11 Å². The van der Waals surface area contributed by atoms with Gasteiger partial charge in [0.05, 0.1) is 4.92 Å². The predicted octanol–water partition coefficient (Wildman–Crippen LogP) is 2.23. The molecule has 0 aliphatic rings. The number of hydrogen-bond acceptors (Lipinski definition) is 5. The van der Waals surface area contributed by atoms with Crippen molar-refractivity contribution in [3.63, 3.8) is 0 Å². The van der Waals surface area contributed by atoms with Crippen LogP contribution in [0.2, 0.25) is 0 Å². The first-order chi connectivity index (χ1) is 8.88. The molecule has 1 N–H and O–H groups in total. The summed E-state index contributed by atoms with van der Waals surface area (Å²) < 4.78 is 13.6. The smallest absolute Gasteiger partial charge is 0.338 e. The average molecular weight is 288 g/mol. The quantitative estimate of drug-likeness (QED) is 0.638. The topological polar surface area (TPSA) is 83.7 Å². The lowest BCUT2D eigenvalue weighted by Crippen LogP contribution is -2.22. The third-order valence-electron chi connectivity index (χ3n) is 2.53. The monoisotopic (exact) mass is 288 g/mol. The van der Waals surface area contributed by atoms with E-state index >= 15 is 0 Å². The largest absolute Gasteiger partial charge is 0.478 e. The first kappa shape index (κ1) is 15.2. The zero-order valence-electron chi connectivity index (χ0n) is 10.4. The molecule has 0 aromatic heterocycles. The van der Waals surface area contributed by atoms with Gasteiger partial charge in [0.25, 0.3) is 5.69 Å². The van der Waals surface area contributed by atoms with Crippen molar-refractivity contribution in [3.05, 3.63) is 33.6 Å². The Hall–Kier alpha value is -1.83. The lowest BCUT2D eigenvalue weighted by molar-refractivity contribution is -0.384. The van der Waals surface area contributed by atoms with Crippen LogP contribution in [0.15, 0.2) is 12.1 Å². The van der Waals surface area contributed by atoms with Gasteiger partial charge < -0.3 is 10.0 Å². The highest BCUT2D eigenvalue weighted by molar-refractivity contribution is 7.98. The van der Waals surface area contributed by atoms with Crippen molar-refractivity contribution < 1.29 is 19.2 Å². The van der Waals surface area contributed by atoms with Crippen molar-refractivity contribution in [3.8, 4) is 0 Å². The number of nitro benzene ring substituents is 1. The van der Waals surface area contributed by atoms with Gasteiger partial charge in [-0.1, -0.05) is 0 Å². The Balaban J connectivity index is 3.26. The summed E-state index contributed by atoms with van der Waals surface area (Å²) >= 11 is 1.55. The second kappa shape index (κ2) is 6.37. The Morgan fingerprint density at radius 2 is 2.21 bits per heavy atom. The van der Waals surface area contributed by atoms with Crippen LogP contribution in [-0.4, -0.2) is 41.6 Å². The van der Waals surface area contributed by atoms with Gasteiger partial charge in [-0.15, -0.1) is 0 Å². The van der Waals surface area contributed by atoms with Crippen LogP contribution < -0.4 is 4.90 Å². The summed E-state index contributed by atoms with van der Waals surface area (Å²) in [5.74, 6) is -1.79. The number of nitro groups is 1. The van der Waals surface area contributed by atoms with Gasteiger partial charge in [-0.3, -0.25) is 10.1 Å². The Morgan fingerprint density at radius 1 is 1.58 bits per heavy atom. The van der Waals surface area contributed by atoms with E-state index in [1.165, 1.54) is 4.90 Å². The minimum Gasteiger partial charge on any atom is -0.478 e. The van der Waals surface area contributed by atoms with Gasteiger partial charge in [-0.2, -0.15) is 11.8 Å². The van der Waals surface area contributed by atoms with Crippen LogP contribution in [-0.2, 0) is 0 Å². The van der Waals surface area contributed by atoms with Crippen molar-refractivity contribution in [1.29, 1.82) is 0 Å². The van der Waals surface area contributed by atoms with Gasteiger partial charge in [0.1, 0.15) is 17.1 Å². The molecule has 1 rings (SSSR count). The van der Waals surface area contributed by atoms with E-state index in [0.717, 1.165) is 17.9 Å². The molecule has 19 heavy (non-hydrogen) atoms. The molecule has 0 bridgehead atoms. The third-order valence-corrected chi connectivity index (χ3v) is 3.12. The number of halogens is 1. The van der Waals surface area contributed by atoms with E-state index in [2.05, 4.69) is 0 Å². The molecule has 0 unspecified atom stereocenters. The molecule has 0 saturated heterocycles. The van der Waals surface area contributed by atoms with Crippen LogP contribution in [0.25, 0.3) is 0 Å². The van der Waals surface area contributed by atoms with E-state index in [0.29, 0.717) is 6.54 Å². The molecule has 6 nitrogen and oxygen atoms in total. The first-order valence-electron chi connectivity index (χ1n) is 5.29. The summed E-state index contributed by atoms with van der Waals surface area (Å²) in [6.45, 7) is 0.494. The Labute approximate surface area is 113 Å². The van der Waals surface area contributed by atoms with Gasteiger partial charge in [0.15, 0.2) is 0 Å². The summed E-state index contributed by atoms with van der Waals surface area (Å²) in [7, 11) is 1.60. The molecule has 104 valence electrons. The summed E-state index contributed by atoms with van der Waals surface area (Å²) in [6.07, 6.45) is 1.89. The van der Waals surface area contributed by atoms with E-state index in [9.17, 15) is 19.3 Å². The molecule has 0 amide bonds. The van der Waals surface area contributed by atoms with E-state index in [-0.39, 0.29) is 5.69 Å². The zero-order chi connectivity index (χ0) is 14.6. The molecule has 0 fully saturated rings. The van der Waals surface area contributed by atoms with Gasteiger partial charge >= 0.3 is 5.97 Å². The minimum atomic E-state index is -1.53. The van der Waals surface area contributed by atoms with Gasteiger partial charge in [-0.05, 0) is 6.26 Å². The number of rotatable bonds is 6. The van der Waals surface area contributed by atoms with E-state index < -0.39 is 28.0 Å². The summed E-state index contributed by atoms with van der Waals surface area (Å²) in [5, 5.41) is 19.7. The number of carboxylic acids is 1. The summed E-state index contributed by atoms with van der Waals surface area (Å²) in [4.78, 5) is 22.5. The Morgan fingerprint density at radius 3 is 2.68 bits per heavy atom. The van der Waals surface area contributed by atoms with E-state index in [1.54, 1.807) is 18.8 Å². The Kier molecular flexibility index (Phi) is 5.11. The molecule has 0 spiro atoms. The second-order valence-electron chi connectivity index (χ2n) is 3.80. The summed E-state index contributed by atoms with van der Waals surface area (Å²) in [6, 6.07) is 1.64. The molecular formula is C11H13FN2O4S. The highest BCUT2D eigenvalue weighted by Crippen LogP contribution is 2.30. The molecule has 1 aromatic carbocycles. The minimum absolute atomic E-state index is 0.0709. The number of anilines is 1. The van der Waals surface area contributed by atoms with Crippen LogP contribution in [0, 0.1) is 15.9 Å². The lowest BCUT2D eigenvalue weighted by atomic mass is 10.1. The number of aromatic carboxylic acids is 1. The van der Waals surface area contributed by atoms with Crippen LogP contribution in [0.5, 0.6) is 0 Å². The SMILES string of the molecule is CSCCN(C)c1cc(F)c(C(=O)O)cc1[N+](=O)[O-]. The number of nitrogens with zero attached hydrogens (tertiary/aromatic N) is 2. The molecule has 0 heterocycles. The van der Waals surface area contributed by atoms with Crippen molar-refractivity contribution in [2.24, 2.45) is 0 Å². The molecule has 0 atom stereocenters. The van der Waals surface area contributed by atoms with Crippen LogP contribution in [0.3, 0.4) is 0 Å². The molecule has 8 heteroatoms. The third kappa shape index (κ3) is 3.57. The van der Waals surface area contributed by atoms with Crippen LogP contribution in [0.4, 0.5) is 15.8 Å². The predicted molar refractivity (Wildman–Crippen MR) is 71.7 cm³/mol. The molecule has 0 saturated carbocycles. The second-order valence-corrected chi connectivity index (χ2v) is 4.78. The normalized spacial score (nSPS) is 10.3. The lowest BCUT2D eigenvalue weighted by Gasteiger charge is -2.19. The van der Waals surface area contributed by atoms with Gasteiger partial charge in [0, 0.05) is 31.5 Å². The maximum atomic E-state index is 13.6. The summed E-state index contributed by atoms with van der Waals surface area (Å²) in [5.41, 5.74) is -1.04. The number of thioether (sulfide) groups is 1. The highest BCUT2D eigenvalue weighted by Gasteiger charge is 2.23. The zero-order valence-corrected chi connectivity index (χ0v) is 11.2. The molecule has 0 radical (unpaired) electrons. The fourth-order valence-corrected chi connectivity index (χ4v) is 1.97. The highest BCUT2D eigenvalue weighted by atomic mass is 32.2. The maximum absolute atomic E-state index is 13.6. The van der Waals surface area contributed by atoms with Crippen LogP contribution >= 0.6 is 11.8 Å². The molecule has 0 aliphatic heterocycles. The van der Waals surface area contributed by atoms with Gasteiger partial charge in [0.2, 0.25) is 0 Å². The average Bonchev–Trinajstić information content (AvgIpc) is 2.34. The fraction of sp³-hybridized carbons (Fsp3) is 0.364. The number of carboxylic acid groups (broad SMARTS) is 1. The molecular weight excluding hydrogens is 275 g/mol. The van der Waals surface area contributed by atoms with Crippen molar-refractivity contribution >= 4 is 29.1 Å². The Bertz CT molecular complexity index is 510. The maximum Gasteiger partial charge on any atom is 0.338 e. The first-order valence-corrected chi connectivity index (χ1v) is 6.69. The number of carbonyl (C=O) groups is 1. The fourth-order valence-electron chi connectivity index (χ4n) is 1.52. The standard InChI is InChI=1S/C11H13FN2O4S/c1-13(3-4-19-2)9-6-8(12)7(11(15)16)5-10(9)14(17)18/h5-6H,3-4H2,1-2H3,(H,15,16). The van der Waals surface area contributed by atoms with Gasteiger partial charge in [-0.25, -0.2) is 9.18 Å². The van der Waals surface area contributed by atoms with Crippen molar-refractivity contribution in [2.45, 2.75) is 0 Å². The van der Waals surface area contributed by atoms with Crippen LogP contribution in [0.1, 0.15) is 10.4 Å².